The Bertz CT molecular complexity index is 987. The van der Waals surface area contributed by atoms with Crippen LogP contribution in [0.4, 0.5) is 13.6 Å². The molecule has 2 amide bonds. The molecule has 0 saturated heterocycles. The second-order valence-corrected chi connectivity index (χ2v) is 7.80. The maximum Gasteiger partial charge on any atom is 0.407 e. The summed E-state index contributed by atoms with van der Waals surface area (Å²) in [5.74, 6) is -2.51. The number of ether oxygens (including phenoxy) is 2. The lowest BCUT2D eigenvalue weighted by Crippen LogP contribution is -2.51. The second-order valence-electron chi connectivity index (χ2n) is 7.80. The number of nitrogens with one attached hydrogen (secondary N) is 1. The van der Waals surface area contributed by atoms with Crippen LogP contribution in [0.1, 0.15) is 23.5 Å². The van der Waals surface area contributed by atoms with E-state index in [-0.39, 0.29) is 25.7 Å². The minimum Gasteiger partial charge on any atom is -0.480 e. The van der Waals surface area contributed by atoms with Gasteiger partial charge in [-0.3, -0.25) is 9.59 Å². The first-order chi connectivity index (χ1) is 16.3. The third-order valence-electron chi connectivity index (χ3n) is 5.55. The van der Waals surface area contributed by atoms with Crippen LogP contribution in [0.3, 0.4) is 0 Å². The number of benzene rings is 2. The maximum atomic E-state index is 13.1. The molecule has 0 aliphatic heterocycles. The molecule has 0 radical (unpaired) electrons. The molecule has 2 aromatic rings. The molecule has 8 nitrogen and oxygen atoms in total. The molecule has 1 aliphatic carbocycles. The van der Waals surface area contributed by atoms with E-state index >= 15 is 0 Å². The van der Waals surface area contributed by atoms with Gasteiger partial charge in [0.05, 0.1) is 6.61 Å². The van der Waals surface area contributed by atoms with Gasteiger partial charge in [0.1, 0.15) is 19.2 Å². The van der Waals surface area contributed by atoms with Crippen LogP contribution in [0, 0.1) is 0 Å². The van der Waals surface area contributed by atoms with Gasteiger partial charge in [0.2, 0.25) is 12.3 Å². The number of carboxylic acids is 1. The summed E-state index contributed by atoms with van der Waals surface area (Å²) < 4.78 is 36.5. The fraction of sp³-hybridized carbons (Fsp3) is 0.375. The molecule has 34 heavy (non-hydrogen) atoms. The van der Waals surface area contributed by atoms with Crippen molar-refractivity contribution in [3.63, 3.8) is 0 Å². The van der Waals surface area contributed by atoms with Crippen LogP contribution < -0.4 is 5.32 Å². The van der Waals surface area contributed by atoms with E-state index in [4.69, 9.17) is 14.6 Å². The number of rotatable bonds is 11. The molecule has 3 rings (SSSR count). The molecule has 2 aromatic carbocycles. The third kappa shape index (κ3) is 6.07. The molecule has 0 saturated carbocycles. The Balaban J connectivity index is 1.69. The number of alkyl carbamates (subject to hydrolysis) is 1. The first kappa shape index (κ1) is 25.1. The van der Waals surface area contributed by atoms with Crippen LogP contribution in [0.5, 0.6) is 0 Å². The van der Waals surface area contributed by atoms with Gasteiger partial charge < -0.3 is 24.8 Å². The number of aliphatic carboxylic acids is 1. The molecule has 0 aromatic heterocycles. The summed E-state index contributed by atoms with van der Waals surface area (Å²) in [6.45, 7) is -0.897. The van der Waals surface area contributed by atoms with E-state index in [1.165, 1.54) is 7.11 Å². The van der Waals surface area contributed by atoms with Gasteiger partial charge in [-0.1, -0.05) is 48.5 Å². The van der Waals surface area contributed by atoms with E-state index in [0.717, 1.165) is 27.2 Å². The molecular formula is C24H26F2N2O6. The number of hydrogen-bond donors (Lipinski definition) is 2. The van der Waals surface area contributed by atoms with Crippen molar-refractivity contribution in [3.8, 4) is 11.1 Å². The van der Waals surface area contributed by atoms with Crippen LogP contribution in [-0.2, 0) is 19.1 Å². The number of alkyl halides is 2. The van der Waals surface area contributed by atoms with Gasteiger partial charge in [0.25, 0.3) is 0 Å². The number of nitrogens with zero attached hydrogens (tertiary/aromatic N) is 1. The Morgan fingerprint density at radius 2 is 1.65 bits per heavy atom. The van der Waals surface area contributed by atoms with Crippen molar-refractivity contribution < 1.29 is 37.7 Å². The predicted molar refractivity (Wildman–Crippen MR) is 119 cm³/mol. The SMILES string of the molecule is COCCN(CC(=O)O)C(=O)C(CC(F)F)NC(=O)OCC1c2ccccc2-c2ccccc21. The zero-order chi connectivity index (χ0) is 24.7. The second kappa shape index (κ2) is 11.6. The monoisotopic (exact) mass is 476 g/mol. The van der Waals surface area contributed by atoms with Crippen molar-refractivity contribution in [2.24, 2.45) is 0 Å². The smallest absolute Gasteiger partial charge is 0.407 e. The molecule has 0 heterocycles. The van der Waals surface area contributed by atoms with E-state index in [9.17, 15) is 23.2 Å². The largest absolute Gasteiger partial charge is 0.480 e. The zero-order valence-corrected chi connectivity index (χ0v) is 18.6. The molecule has 10 heteroatoms. The Hall–Kier alpha value is -3.53. The molecule has 0 fully saturated rings. The van der Waals surface area contributed by atoms with Crippen molar-refractivity contribution in [2.45, 2.75) is 24.8 Å². The van der Waals surface area contributed by atoms with Crippen LogP contribution >= 0.6 is 0 Å². The lowest BCUT2D eigenvalue weighted by Gasteiger charge is -2.26. The van der Waals surface area contributed by atoms with Crippen LogP contribution in [0.2, 0.25) is 0 Å². The topological polar surface area (TPSA) is 105 Å². The van der Waals surface area contributed by atoms with Crippen LogP contribution in [-0.4, -0.2) is 73.9 Å². The van der Waals surface area contributed by atoms with Crippen LogP contribution in [0.15, 0.2) is 48.5 Å². The minimum absolute atomic E-state index is 0.00532. The molecule has 1 unspecified atom stereocenters. The highest BCUT2D eigenvalue weighted by Crippen LogP contribution is 2.44. The Morgan fingerprint density at radius 3 is 2.18 bits per heavy atom. The maximum absolute atomic E-state index is 13.1. The van der Waals surface area contributed by atoms with Crippen LogP contribution in [0.25, 0.3) is 11.1 Å². The summed E-state index contributed by atoms with van der Waals surface area (Å²) in [5.41, 5.74) is 4.01. The number of halogens is 2. The molecule has 1 aliphatic rings. The Labute approximate surface area is 195 Å². The molecule has 0 spiro atoms. The first-order valence-electron chi connectivity index (χ1n) is 10.7. The Kier molecular flexibility index (Phi) is 8.53. The fourth-order valence-electron chi connectivity index (χ4n) is 4.03. The molecule has 1 atom stereocenters. The number of amides is 2. The minimum atomic E-state index is -2.91. The van der Waals surface area contributed by atoms with Gasteiger partial charge in [0, 0.05) is 26.0 Å². The third-order valence-corrected chi connectivity index (χ3v) is 5.55. The van der Waals surface area contributed by atoms with Gasteiger partial charge in [-0.15, -0.1) is 0 Å². The van der Waals surface area contributed by atoms with Crippen molar-refractivity contribution in [1.82, 2.24) is 10.2 Å². The summed E-state index contributed by atoms with van der Waals surface area (Å²) in [7, 11) is 1.36. The van der Waals surface area contributed by atoms with Gasteiger partial charge in [-0.25, -0.2) is 13.6 Å². The van der Waals surface area contributed by atoms with Gasteiger partial charge in [0.15, 0.2) is 0 Å². The summed E-state index contributed by atoms with van der Waals surface area (Å²) in [6.07, 6.45) is -4.92. The average Bonchev–Trinajstić information content (AvgIpc) is 3.13. The highest BCUT2D eigenvalue weighted by molar-refractivity contribution is 5.88. The van der Waals surface area contributed by atoms with E-state index < -0.39 is 43.4 Å². The highest BCUT2D eigenvalue weighted by Gasteiger charge is 2.32. The number of carbonyl (C=O) groups is 3. The molecular weight excluding hydrogens is 450 g/mol. The fourth-order valence-corrected chi connectivity index (χ4v) is 4.03. The average molecular weight is 476 g/mol. The summed E-state index contributed by atoms with van der Waals surface area (Å²) in [4.78, 5) is 37.2. The van der Waals surface area contributed by atoms with Crippen molar-refractivity contribution >= 4 is 18.0 Å². The van der Waals surface area contributed by atoms with Gasteiger partial charge in [-0.05, 0) is 22.3 Å². The lowest BCUT2D eigenvalue weighted by atomic mass is 9.98. The van der Waals surface area contributed by atoms with E-state index in [1.54, 1.807) is 0 Å². The van der Waals surface area contributed by atoms with Crippen molar-refractivity contribution in [1.29, 1.82) is 0 Å². The number of fused-ring (bicyclic) bond motifs is 3. The van der Waals surface area contributed by atoms with E-state index in [2.05, 4.69) is 5.32 Å². The highest BCUT2D eigenvalue weighted by atomic mass is 19.3. The summed E-state index contributed by atoms with van der Waals surface area (Å²) >= 11 is 0. The van der Waals surface area contributed by atoms with Crippen molar-refractivity contribution in [2.75, 3.05) is 33.4 Å². The molecule has 182 valence electrons. The first-order valence-corrected chi connectivity index (χ1v) is 10.7. The van der Waals surface area contributed by atoms with Gasteiger partial charge in [-0.2, -0.15) is 0 Å². The normalized spacial score (nSPS) is 13.2. The predicted octanol–water partition coefficient (Wildman–Crippen LogP) is 3.11. The standard InChI is InChI=1S/C24H26F2N2O6/c1-33-11-10-28(13-22(29)30)23(31)20(12-21(25)26)27-24(32)34-14-19-17-8-4-2-6-15(17)16-7-3-5-9-18(16)19/h2-9,19-21H,10-14H2,1H3,(H,27,32)(H,29,30). The molecule has 0 bridgehead atoms. The zero-order valence-electron chi connectivity index (χ0n) is 18.6. The number of carbonyl (C=O) groups excluding carboxylic acids is 2. The van der Waals surface area contributed by atoms with Crippen molar-refractivity contribution in [3.05, 3.63) is 59.7 Å². The molecule has 2 N–H and O–H groups in total. The summed E-state index contributed by atoms with van der Waals surface area (Å²) in [5, 5.41) is 11.2. The lowest BCUT2D eigenvalue weighted by molar-refractivity contribution is -0.146. The van der Waals surface area contributed by atoms with E-state index in [0.29, 0.717) is 0 Å². The quantitative estimate of drug-likeness (QED) is 0.517. The van der Waals surface area contributed by atoms with Gasteiger partial charge >= 0.3 is 12.1 Å². The summed E-state index contributed by atoms with van der Waals surface area (Å²) in [6, 6.07) is 13.8. The Morgan fingerprint density at radius 1 is 1.06 bits per heavy atom. The number of hydrogen-bond acceptors (Lipinski definition) is 5. The number of methoxy groups -OCH3 is 1. The van der Waals surface area contributed by atoms with E-state index in [1.807, 2.05) is 48.5 Å². The number of carboxylic acid groups (broad SMARTS) is 1.